The summed E-state index contributed by atoms with van der Waals surface area (Å²) in [4.78, 5) is 13.2. The summed E-state index contributed by atoms with van der Waals surface area (Å²) in [6.07, 6.45) is 2.84. The Morgan fingerprint density at radius 3 is 2.69 bits per heavy atom. The van der Waals surface area contributed by atoms with Gasteiger partial charge < -0.3 is 10.1 Å². The molecule has 0 spiro atoms. The normalized spacial score (nSPS) is 36.3. The zero-order valence-corrected chi connectivity index (χ0v) is 7.79. The molecule has 4 nitrogen and oxygen atoms in total. The molecule has 0 aromatic rings. The van der Waals surface area contributed by atoms with Crippen LogP contribution in [0.15, 0.2) is 0 Å². The molecular formula is C9H16N2O2. The van der Waals surface area contributed by atoms with Crippen LogP contribution < -0.4 is 5.32 Å². The first-order chi connectivity index (χ1) is 6.37. The third-order valence-electron chi connectivity index (χ3n) is 2.87. The Hall–Kier alpha value is -0.450. The third-order valence-corrected chi connectivity index (χ3v) is 2.87. The van der Waals surface area contributed by atoms with Crippen LogP contribution in [-0.2, 0) is 9.53 Å². The van der Waals surface area contributed by atoms with Gasteiger partial charge in [-0.15, -0.1) is 0 Å². The van der Waals surface area contributed by atoms with Crippen molar-refractivity contribution in [2.45, 2.75) is 18.6 Å². The van der Waals surface area contributed by atoms with E-state index >= 15 is 0 Å². The van der Waals surface area contributed by atoms with Crippen LogP contribution in [0.25, 0.3) is 0 Å². The minimum atomic E-state index is -0.581. The van der Waals surface area contributed by atoms with Crippen molar-refractivity contribution in [3.8, 4) is 0 Å². The number of piperazine rings is 1. The molecule has 1 N–H and O–H groups in total. The number of nitrogens with one attached hydrogen (secondary N) is 1. The molecule has 2 fully saturated rings. The molecule has 0 amide bonds. The Labute approximate surface area is 78.2 Å². The Morgan fingerprint density at radius 2 is 2.15 bits per heavy atom. The van der Waals surface area contributed by atoms with E-state index in [1.165, 1.54) is 0 Å². The van der Waals surface area contributed by atoms with Crippen LogP contribution in [0.3, 0.4) is 0 Å². The lowest BCUT2D eigenvalue weighted by molar-refractivity contribution is -0.153. The third kappa shape index (κ3) is 1.61. The maximum Gasteiger partial charge on any atom is 0.178 e. The number of hydrogen-bond acceptors (Lipinski definition) is 4. The van der Waals surface area contributed by atoms with E-state index in [1.54, 1.807) is 0 Å². The van der Waals surface area contributed by atoms with Gasteiger partial charge in [0.05, 0.1) is 0 Å². The van der Waals surface area contributed by atoms with Crippen LogP contribution in [0.2, 0.25) is 0 Å². The molecule has 13 heavy (non-hydrogen) atoms. The molecule has 0 saturated carbocycles. The molecule has 2 aliphatic rings. The highest BCUT2D eigenvalue weighted by atomic mass is 16.5. The summed E-state index contributed by atoms with van der Waals surface area (Å²) in [5.41, 5.74) is -0.581. The first-order valence-corrected chi connectivity index (χ1v) is 4.93. The second-order valence-electron chi connectivity index (χ2n) is 3.65. The van der Waals surface area contributed by atoms with Crippen molar-refractivity contribution in [2.75, 3.05) is 32.8 Å². The molecule has 1 atom stereocenters. The second-order valence-corrected chi connectivity index (χ2v) is 3.65. The van der Waals surface area contributed by atoms with Gasteiger partial charge in [0.25, 0.3) is 0 Å². The highest BCUT2D eigenvalue weighted by molar-refractivity contribution is 5.62. The van der Waals surface area contributed by atoms with E-state index in [9.17, 15) is 4.79 Å². The Balaban J connectivity index is 2.05. The van der Waals surface area contributed by atoms with Crippen LogP contribution in [0, 0.1) is 0 Å². The molecule has 2 aliphatic heterocycles. The van der Waals surface area contributed by atoms with Crippen LogP contribution in [-0.4, -0.2) is 49.7 Å². The lowest BCUT2D eigenvalue weighted by Crippen LogP contribution is -2.56. The smallest absolute Gasteiger partial charge is 0.178 e. The van der Waals surface area contributed by atoms with Crippen molar-refractivity contribution in [3.63, 3.8) is 0 Å². The number of nitrogens with zero attached hydrogens (tertiary/aromatic N) is 1. The minimum absolute atomic E-state index is 0.581. The van der Waals surface area contributed by atoms with Crippen molar-refractivity contribution in [1.29, 1.82) is 0 Å². The van der Waals surface area contributed by atoms with Crippen LogP contribution in [0.5, 0.6) is 0 Å². The summed E-state index contributed by atoms with van der Waals surface area (Å²) in [5, 5.41) is 3.27. The summed E-state index contributed by atoms with van der Waals surface area (Å²) in [6, 6.07) is 0. The number of aldehydes is 1. The van der Waals surface area contributed by atoms with Gasteiger partial charge in [-0.2, -0.15) is 0 Å². The summed E-state index contributed by atoms with van der Waals surface area (Å²) < 4.78 is 5.56. The Morgan fingerprint density at radius 1 is 1.38 bits per heavy atom. The van der Waals surface area contributed by atoms with Gasteiger partial charge in [0.15, 0.2) is 12.0 Å². The SMILES string of the molecule is O=CC1(N2CCNCC2)CCCO1. The maximum atomic E-state index is 11.0. The Kier molecular flexibility index (Phi) is 2.62. The highest BCUT2D eigenvalue weighted by Crippen LogP contribution is 2.27. The fraction of sp³-hybridized carbons (Fsp3) is 0.889. The van der Waals surface area contributed by atoms with Crippen molar-refractivity contribution in [2.24, 2.45) is 0 Å². The van der Waals surface area contributed by atoms with E-state index in [0.29, 0.717) is 0 Å². The fourth-order valence-corrected chi connectivity index (χ4v) is 2.11. The fourth-order valence-electron chi connectivity index (χ4n) is 2.11. The summed E-state index contributed by atoms with van der Waals surface area (Å²) in [7, 11) is 0. The van der Waals surface area contributed by atoms with Crippen molar-refractivity contribution >= 4 is 6.29 Å². The van der Waals surface area contributed by atoms with E-state index in [-0.39, 0.29) is 0 Å². The van der Waals surface area contributed by atoms with E-state index in [2.05, 4.69) is 10.2 Å². The molecule has 2 saturated heterocycles. The predicted octanol–water partition coefficient (Wildman–Crippen LogP) is -0.403. The molecule has 2 rings (SSSR count). The van der Waals surface area contributed by atoms with E-state index in [1.807, 2.05) is 0 Å². The second kappa shape index (κ2) is 3.74. The number of ether oxygens (including phenoxy) is 1. The molecule has 4 heteroatoms. The lowest BCUT2D eigenvalue weighted by Gasteiger charge is -2.38. The van der Waals surface area contributed by atoms with Crippen LogP contribution >= 0.6 is 0 Å². The number of carbonyl (C=O) groups is 1. The number of hydrogen-bond donors (Lipinski definition) is 1. The first kappa shape index (κ1) is 9.12. The molecule has 0 radical (unpaired) electrons. The average Bonchev–Trinajstić information content (AvgIpc) is 2.69. The number of rotatable bonds is 2. The zero-order valence-electron chi connectivity index (χ0n) is 7.79. The predicted molar refractivity (Wildman–Crippen MR) is 48.4 cm³/mol. The molecule has 2 heterocycles. The molecular weight excluding hydrogens is 168 g/mol. The summed E-state index contributed by atoms with van der Waals surface area (Å²) >= 11 is 0. The van der Waals surface area contributed by atoms with Crippen molar-refractivity contribution in [1.82, 2.24) is 10.2 Å². The quantitative estimate of drug-likeness (QED) is 0.593. The van der Waals surface area contributed by atoms with Gasteiger partial charge >= 0.3 is 0 Å². The van der Waals surface area contributed by atoms with Gasteiger partial charge in [0.1, 0.15) is 0 Å². The van der Waals surface area contributed by atoms with Crippen molar-refractivity contribution in [3.05, 3.63) is 0 Å². The Bertz CT molecular complexity index is 184. The van der Waals surface area contributed by atoms with Gasteiger partial charge in [0, 0.05) is 32.8 Å². The van der Waals surface area contributed by atoms with Gasteiger partial charge in [-0.25, -0.2) is 0 Å². The monoisotopic (exact) mass is 184 g/mol. The minimum Gasteiger partial charge on any atom is -0.353 e. The van der Waals surface area contributed by atoms with E-state index in [4.69, 9.17) is 4.74 Å². The zero-order chi connectivity index (χ0) is 9.15. The standard InChI is InChI=1S/C9H16N2O2/c12-8-9(2-1-7-13-9)11-5-3-10-4-6-11/h8,10H,1-7H2. The van der Waals surface area contributed by atoms with Gasteiger partial charge in [-0.3, -0.25) is 9.69 Å². The summed E-state index contributed by atoms with van der Waals surface area (Å²) in [5.74, 6) is 0. The van der Waals surface area contributed by atoms with E-state index in [0.717, 1.165) is 51.9 Å². The van der Waals surface area contributed by atoms with Crippen LogP contribution in [0.1, 0.15) is 12.8 Å². The topological polar surface area (TPSA) is 41.6 Å². The largest absolute Gasteiger partial charge is 0.353 e. The molecule has 74 valence electrons. The highest BCUT2D eigenvalue weighted by Gasteiger charge is 2.41. The molecule has 1 unspecified atom stereocenters. The van der Waals surface area contributed by atoms with Crippen LogP contribution in [0.4, 0.5) is 0 Å². The number of carbonyl (C=O) groups excluding carboxylic acids is 1. The summed E-state index contributed by atoms with van der Waals surface area (Å²) in [6.45, 7) is 4.47. The molecule has 0 aromatic carbocycles. The van der Waals surface area contributed by atoms with Crippen molar-refractivity contribution < 1.29 is 9.53 Å². The van der Waals surface area contributed by atoms with Gasteiger partial charge in [-0.1, -0.05) is 0 Å². The lowest BCUT2D eigenvalue weighted by atomic mass is 10.1. The molecule has 0 bridgehead atoms. The van der Waals surface area contributed by atoms with E-state index < -0.39 is 5.72 Å². The van der Waals surface area contributed by atoms with Gasteiger partial charge in [0.2, 0.25) is 0 Å². The van der Waals surface area contributed by atoms with Gasteiger partial charge in [-0.05, 0) is 12.8 Å². The first-order valence-electron chi connectivity index (χ1n) is 4.93. The molecule has 0 aliphatic carbocycles. The maximum absolute atomic E-state index is 11.0. The molecule has 0 aromatic heterocycles. The average molecular weight is 184 g/mol.